The monoisotopic (exact) mass is 366 g/mol. The van der Waals surface area contributed by atoms with Crippen LogP contribution in [0.5, 0.6) is 11.5 Å². The van der Waals surface area contributed by atoms with Gasteiger partial charge in [0, 0.05) is 17.8 Å². The second-order valence-corrected chi connectivity index (χ2v) is 5.35. The fourth-order valence-electron chi connectivity index (χ4n) is 2.30. The summed E-state index contributed by atoms with van der Waals surface area (Å²) >= 11 is 0. The van der Waals surface area contributed by atoms with E-state index in [1.54, 1.807) is 49.6 Å². The largest absolute Gasteiger partial charge is 0.497 e. The van der Waals surface area contributed by atoms with Crippen molar-refractivity contribution in [3.05, 3.63) is 53.6 Å². The molecule has 1 amide bonds. The van der Waals surface area contributed by atoms with Gasteiger partial charge >= 0.3 is 0 Å². The Morgan fingerprint density at radius 2 is 1.84 bits per heavy atom. The number of hydrogen-bond donors (Lipinski definition) is 3. The van der Waals surface area contributed by atoms with Crippen molar-refractivity contribution in [2.45, 2.75) is 12.5 Å². The lowest BCUT2D eigenvalue weighted by Gasteiger charge is -2.16. The van der Waals surface area contributed by atoms with Gasteiger partial charge < -0.3 is 25.6 Å². The van der Waals surface area contributed by atoms with Crippen molar-refractivity contribution in [1.82, 2.24) is 5.32 Å². The molecule has 0 saturated heterocycles. The van der Waals surface area contributed by atoms with Crippen molar-refractivity contribution in [3.63, 3.8) is 0 Å². The molecule has 0 aliphatic rings. The third kappa shape index (κ3) is 5.85. The number of carbonyl (C=O) groups is 1. The number of carbonyl (C=O) groups excluding carboxylic acids is 1. The number of anilines is 1. The molecule has 0 radical (unpaired) electrons. The Hall–Kier alpha value is -2.44. The maximum Gasteiger partial charge on any atom is 0.224 e. The molecule has 2 aromatic carbocycles. The molecule has 7 heteroatoms. The van der Waals surface area contributed by atoms with Crippen molar-refractivity contribution in [3.8, 4) is 11.5 Å². The van der Waals surface area contributed by atoms with Crippen LogP contribution >= 0.6 is 12.4 Å². The molecule has 1 atom stereocenters. The van der Waals surface area contributed by atoms with Crippen molar-refractivity contribution < 1.29 is 19.4 Å². The number of nitrogen functional groups attached to an aromatic ring is 1. The van der Waals surface area contributed by atoms with Gasteiger partial charge in [0.25, 0.3) is 0 Å². The maximum atomic E-state index is 12.0. The fraction of sp³-hybridized carbons (Fsp3) is 0.278. The molecule has 0 aliphatic carbocycles. The van der Waals surface area contributed by atoms with Crippen LogP contribution in [0, 0.1) is 0 Å². The first-order valence-corrected chi connectivity index (χ1v) is 7.54. The van der Waals surface area contributed by atoms with E-state index < -0.39 is 6.10 Å². The molecule has 0 aliphatic heterocycles. The zero-order valence-electron chi connectivity index (χ0n) is 14.2. The molecular formula is C18H23ClN2O4. The maximum absolute atomic E-state index is 12.0. The minimum absolute atomic E-state index is 0. The zero-order chi connectivity index (χ0) is 17.5. The molecule has 1 unspecified atom stereocenters. The van der Waals surface area contributed by atoms with Crippen LogP contribution in [0.3, 0.4) is 0 Å². The van der Waals surface area contributed by atoms with E-state index in [4.69, 9.17) is 15.2 Å². The molecule has 0 spiro atoms. The summed E-state index contributed by atoms with van der Waals surface area (Å²) in [6.45, 7) is 0.0807. The lowest BCUT2D eigenvalue weighted by molar-refractivity contribution is -0.120. The predicted octanol–water partition coefficient (Wildman–Crippen LogP) is 2.10. The van der Waals surface area contributed by atoms with Gasteiger partial charge in [0.2, 0.25) is 5.91 Å². The second kappa shape index (κ2) is 9.76. The van der Waals surface area contributed by atoms with Crippen molar-refractivity contribution >= 4 is 24.0 Å². The van der Waals surface area contributed by atoms with E-state index >= 15 is 0 Å². The minimum Gasteiger partial charge on any atom is -0.497 e. The molecule has 0 saturated carbocycles. The van der Waals surface area contributed by atoms with Crippen molar-refractivity contribution in [1.29, 1.82) is 0 Å². The van der Waals surface area contributed by atoms with Crippen LogP contribution in [0.4, 0.5) is 5.69 Å². The first-order valence-electron chi connectivity index (χ1n) is 7.54. The number of rotatable bonds is 7. The van der Waals surface area contributed by atoms with Gasteiger partial charge in [-0.05, 0) is 35.9 Å². The average molecular weight is 367 g/mol. The Morgan fingerprint density at radius 1 is 1.16 bits per heavy atom. The van der Waals surface area contributed by atoms with Gasteiger partial charge in [0.1, 0.15) is 11.5 Å². The van der Waals surface area contributed by atoms with Crippen LogP contribution in [-0.2, 0) is 11.2 Å². The first kappa shape index (κ1) is 20.6. The lowest BCUT2D eigenvalue weighted by atomic mass is 10.1. The summed E-state index contributed by atoms with van der Waals surface area (Å²) in [6.07, 6.45) is -0.673. The van der Waals surface area contributed by atoms with Crippen molar-refractivity contribution in [2.75, 3.05) is 26.5 Å². The highest BCUT2D eigenvalue weighted by molar-refractivity contribution is 5.85. The van der Waals surface area contributed by atoms with E-state index in [-0.39, 0.29) is 31.3 Å². The molecule has 0 aromatic heterocycles. The number of aliphatic hydroxyl groups is 1. The Kier molecular flexibility index (Phi) is 8.04. The van der Waals surface area contributed by atoms with Crippen LogP contribution in [0.1, 0.15) is 17.2 Å². The molecule has 0 heterocycles. The van der Waals surface area contributed by atoms with Gasteiger partial charge in [-0.15, -0.1) is 12.4 Å². The Balaban J connectivity index is 0.00000312. The van der Waals surface area contributed by atoms with Gasteiger partial charge in [-0.2, -0.15) is 0 Å². The SMILES string of the molecule is COc1ccc(OC)c(C(O)CNC(=O)Cc2ccc(N)cc2)c1.Cl. The number of amides is 1. The van der Waals surface area contributed by atoms with E-state index in [0.717, 1.165) is 5.56 Å². The number of ether oxygens (including phenoxy) is 2. The number of aliphatic hydroxyl groups excluding tert-OH is 1. The summed E-state index contributed by atoms with van der Waals surface area (Å²) in [7, 11) is 3.07. The molecule has 2 rings (SSSR count). The number of benzene rings is 2. The van der Waals surface area contributed by atoms with Crippen LogP contribution in [-0.4, -0.2) is 31.8 Å². The number of halogens is 1. The molecule has 6 nitrogen and oxygen atoms in total. The molecule has 4 N–H and O–H groups in total. The summed E-state index contributed by atoms with van der Waals surface area (Å²) < 4.78 is 10.4. The highest BCUT2D eigenvalue weighted by atomic mass is 35.5. The van der Waals surface area contributed by atoms with E-state index in [0.29, 0.717) is 22.7 Å². The minimum atomic E-state index is -0.898. The zero-order valence-corrected chi connectivity index (χ0v) is 15.0. The van der Waals surface area contributed by atoms with Gasteiger partial charge in [-0.25, -0.2) is 0 Å². The smallest absolute Gasteiger partial charge is 0.224 e. The third-order valence-electron chi connectivity index (χ3n) is 3.63. The molecule has 0 fully saturated rings. The highest BCUT2D eigenvalue weighted by Gasteiger charge is 2.15. The Bertz CT molecular complexity index is 692. The van der Waals surface area contributed by atoms with Crippen LogP contribution in [0.2, 0.25) is 0 Å². The normalized spacial score (nSPS) is 11.2. The average Bonchev–Trinajstić information content (AvgIpc) is 2.61. The predicted molar refractivity (Wildman–Crippen MR) is 99.3 cm³/mol. The van der Waals surface area contributed by atoms with Gasteiger partial charge in [-0.1, -0.05) is 12.1 Å². The second-order valence-electron chi connectivity index (χ2n) is 5.35. The third-order valence-corrected chi connectivity index (χ3v) is 3.63. The quantitative estimate of drug-likeness (QED) is 0.652. The summed E-state index contributed by atoms with van der Waals surface area (Å²) in [5.74, 6) is 0.967. The molecular weight excluding hydrogens is 344 g/mol. The first-order chi connectivity index (χ1) is 11.5. The standard InChI is InChI=1S/C18H22N2O4.ClH/c1-23-14-7-8-17(24-2)15(10-14)16(21)11-20-18(22)9-12-3-5-13(19)6-4-12;/h3-8,10,16,21H,9,11,19H2,1-2H3,(H,20,22);1H. The molecule has 2 aromatic rings. The summed E-state index contributed by atoms with van der Waals surface area (Å²) in [4.78, 5) is 12.0. The summed E-state index contributed by atoms with van der Waals surface area (Å²) in [6, 6.07) is 12.3. The van der Waals surface area contributed by atoms with Gasteiger partial charge in [-0.3, -0.25) is 4.79 Å². The number of hydrogen-bond acceptors (Lipinski definition) is 5. The van der Waals surface area contributed by atoms with Crippen LogP contribution in [0.25, 0.3) is 0 Å². The lowest BCUT2D eigenvalue weighted by Crippen LogP contribution is -2.29. The Labute approximate surface area is 153 Å². The number of nitrogens with one attached hydrogen (secondary N) is 1. The highest BCUT2D eigenvalue weighted by Crippen LogP contribution is 2.29. The van der Waals surface area contributed by atoms with E-state index in [1.165, 1.54) is 7.11 Å². The Morgan fingerprint density at radius 3 is 2.44 bits per heavy atom. The van der Waals surface area contributed by atoms with E-state index in [9.17, 15) is 9.90 Å². The van der Waals surface area contributed by atoms with Gasteiger partial charge in [0.05, 0.1) is 26.7 Å². The van der Waals surface area contributed by atoms with Gasteiger partial charge in [0.15, 0.2) is 0 Å². The van der Waals surface area contributed by atoms with Crippen molar-refractivity contribution in [2.24, 2.45) is 0 Å². The van der Waals surface area contributed by atoms with Crippen LogP contribution in [0.15, 0.2) is 42.5 Å². The molecule has 136 valence electrons. The summed E-state index contributed by atoms with van der Waals surface area (Å²) in [5, 5.41) is 13.1. The summed E-state index contributed by atoms with van der Waals surface area (Å²) in [5.41, 5.74) is 7.68. The molecule has 0 bridgehead atoms. The fourth-order valence-corrected chi connectivity index (χ4v) is 2.30. The van der Waals surface area contributed by atoms with E-state index in [2.05, 4.69) is 5.32 Å². The number of nitrogens with two attached hydrogens (primary N) is 1. The number of methoxy groups -OCH3 is 2. The van der Waals surface area contributed by atoms with Crippen LogP contribution < -0.4 is 20.5 Å². The topological polar surface area (TPSA) is 93.8 Å². The van der Waals surface area contributed by atoms with E-state index in [1.807, 2.05) is 0 Å². The molecule has 25 heavy (non-hydrogen) atoms.